The number of benzene rings is 4. The topological polar surface area (TPSA) is 54.5 Å². The lowest BCUT2D eigenvalue weighted by atomic mass is 9.46. The minimum absolute atomic E-state index is 0.102. The molecule has 1 heterocycles. The third kappa shape index (κ3) is 2.41. The Hall–Kier alpha value is -4.31. The summed E-state index contributed by atoms with van der Waals surface area (Å²) in [5, 5.41) is 0. The first-order valence-corrected chi connectivity index (χ1v) is 12.3. The summed E-state index contributed by atoms with van der Waals surface area (Å²) in [6, 6.07) is 33.0. The van der Waals surface area contributed by atoms with Crippen molar-refractivity contribution in [3.63, 3.8) is 0 Å². The molecular weight excluding hydrogens is 446 g/mol. The Morgan fingerprint density at radius 3 is 1.89 bits per heavy atom. The van der Waals surface area contributed by atoms with Crippen molar-refractivity contribution >= 4 is 23.3 Å². The maximum Gasteiger partial charge on any atom is 0.239 e. The molecule has 2 atom stereocenters. The van der Waals surface area contributed by atoms with E-state index in [1.807, 2.05) is 103 Å². The maximum atomic E-state index is 14.4. The van der Waals surface area contributed by atoms with Crippen LogP contribution >= 0.6 is 0 Å². The molecule has 1 saturated heterocycles. The third-order valence-electron chi connectivity index (χ3n) is 8.40. The first-order valence-electron chi connectivity index (χ1n) is 12.3. The fourth-order valence-electron chi connectivity index (χ4n) is 7.14. The minimum atomic E-state index is -1.18. The number of nitrogens with zero attached hydrogens (tertiary/aromatic N) is 1. The fourth-order valence-corrected chi connectivity index (χ4v) is 7.14. The lowest BCUT2D eigenvalue weighted by Gasteiger charge is -2.52. The number of ketones is 1. The summed E-state index contributed by atoms with van der Waals surface area (Å²) < 4.78 is 0. The number of carbonyl (C=O) groups excluding carboxylic acids is 3. The quantitative estimate of drug-likeness (QED) is 0.373. The molecule has 2 bridgehead atoms. The van der Waals surface area contributed by atoms with Crippen LogP contribution in [0.5, 0.6) is 0 Å². The highest BCUT2D eigenvalue weighted by Gasteiger charge is 2.70. The van der Waals surface area contributed by atoms with Gasteiger partial charge in [0, 0.05) is 11.5 Å². The molecule has 3 aliphatic carbocycles. The Kier molecular flexibility index (Phi) is 4.29. The van der Waals surface area contributed by atoms with Crippen LogP contribution in [0.1, 0.15) is 35.1 Å². The smallest absolute Gasteiger partial charge is 0.239 e. The molecule has 4 aromatic carbocycles. The summed E-state index contributed by atoms with van der Waals surface area (Å²) >= 11 is 0. The number of amides is 2. The molecule has 4 aromatic rings. The van der Waals surface area contributed by atoms with Crippen molar-refractivity contribution in [2.75, 3.05) is 4.90 Å². The van der Waals surface area contributed by atoms with Crippen LogP contribution in [0, 0.1) is 11.8 Å². The van der Waals surface area contributed by atoms with E-state index < -0.39 is 17.3 Å². The number of hydrogen-bond acceptors (Lipinski definition) is 3. The van der Waals surface area contributed by atoms with E-state index in [9.17, 15) is 14.4 Å². The molecular formula is C32H23NO3. The molecule has 0 unspecified atom stereocenters. The van der Waals surface area contributed by atoms with Crippen molar-refractivity contribution in [1.29, 1.82) is 0 Å². The molecule has 4 nitrogen and oxygen atoms in total. The summed E-state index contributed by atoms with van der Waals surface area (Å²) in [5.41, 5.74) is 4.81. The van der Waals surface area contributed by atoms with Gasteiger partial charge in [-0.1, -0.05) is 97.1 Å². The summed E-state index contributed by atoms with van der Waals surface area (Å²) in [6.07, 6.45) is 0. The predicted molar refractivity (Wildman–Crippen MR) is 138 cm³/mol. The lowest BCUT2D eigenvalue weighted by Crippen LogP contribution is -2.57. The van der Waals surface area contributed by atoms with Gasteiger partial charge in [0.15, 0.2) is 0 Å². The molecule has 0 saturated carbocycles. The molecule has 36 heavy (non-hydrogen) atoms. The first kappa shape index (κ1) is 21.0. The normalized spacial score (nSPS) is 25.4. The van der Waals surface area contributed by atoms with E-state index in [4.69, 9.17) is 0 Å². The van der Waals surface area contributed by atoms with E-state index in [2.05, 4.69) is 0 Å². The van der Waals surface area contributed by atoms with Crippen molar-refractivity contribution in [1.82, 2.24) is 0 Å². The van der Waals surface area contributed by atoms with Crippen LogP contribution < -0.4 is 4.90 Å². The Morgan fingerprint density at radius 2 is 1.25 bits per heavy atom. The Bertz CT molecular complexity index is 1540. The zero-order valence-electron chi connectivity index (χ0n) is 19.7. The number of para-hydroxylation sites is 1. The van der Waals surface area contributed by atoms with Gasteiger partial charge in [-0.2, -0.15) is 0 Å². The summed E-state index contributed by atoms with van der Waals surface area (Å²) in [5.74, 6) is -2.30. The van der Waals surface area contributed by atoms with E-state index in [0.717, 1.165) is 33.4 Å². The SMILES string of the molecule is CC(=O)C12c3ccccc3C(c3ccccc31)[C@@H]1C(=O)N(c3ccccc3-c3ccccc3)C(=O)[C@H]12. The average Bonchev–Trinajstić information content (AvgIpc) is 3.19. The Balaban J connectivity index is 1.50. The molecule has 8 rings (SSSR count). The highest BCUT2D eigenvalue weighted by Crippen LogP contribution is 2.64. The second-order valence-corrected chi connectivity index (χ2v) is 9.91. The van der Waals surface area contributed by atoms with E-state index in [1.165, 1.54) is 4.90 Å². The highest BCUT2D eigenvalue weighted by molar-refractivity contribution is 6.26. The second kappa shape index (κ2) is 7.34. The van der Waals surface area contributed by atoms with Crippen molar-refractivity contribution in [2.24, 2.45) is 11.8 Å². The van der Waals surface area contributed by atoms with E-state index in [-0.39, 0.29) is 23.5 Å². The van der Waals surface area contributed by atoms with Crippen LogP contribution in [0.15, 0.2) is 103 Å². The van der Waals surface area contributed by atoms with Gasteiger partial charge in [-0.15, -0.1) is 0 Å². The minimum Gasteiger partial charge on any atom is -0.299 e. The molecule has 1 fully saturated rings. The average molecular weight is 470 g/mol. The first-order chi connectivity index (χ1) is 17.6. The highest BCUT2D eigenvalue weighted by atomic mass is 16.2. The maximum absolute atomic E-state index is 14.4. The van der Waals surface area contributed by atoms with Gasteiger partial charge in [-0.3, -0.25) is 14.4 Å². The Morgan fingerprint density at radius 1 is 0.694 bits per heavy atom. The number of Topliss-reactive ketones (excluding diaryl/α,β-unsaturated/α-hetero) is 1. The van der Waals surface area contributed by atoms with Crippen molar-refractivity contribution in [3.05, 3.63) is 125 Å². The van der Waals surface area contributed by atoms with Gasteiger partial charge < -0.3 is 0 Å². The monoisotopic (exact) mass is 469 g/mol. The van der Waals surface area contributed by atoms with Crippen LogP contribution in [0.25, 0.3) is 11.1 Å². The van der Waals surface area contributed by atoms with Gasteiger partial charge in [0.1, 0.15) is 5.78 Å². The Labute approximate surface area is 209 Å². The van der Waals surface area contributed by atoms with Gasteiger partial charge in [-0.25, -0.2) is 4.90 Å². The van der Waals surface area contributed by atoms with Gasteiger partial charge in [0.25, 0.3) is 0 Å². The fraction of sp³-hybridized carbons (Fsp3) is 0.156. The van der Waals surface area contributed by atoms with Crippen molar-refractivity contribution in [2.45, 2.75) is 18.3 Å². The second-order valence-electron chi connectivity index (χ2n) is 9.91. The van der Waals surface area contributed by atoms with Gasteiger partial charge in [-0.05, 0) is 40.8 Å². The van der Waals surface area contributed by atoms with E-state index >= 15 is 0 Å². The standard InChI is InChI=1S/C32H23NO3/c1-19(34)32-24-16-8-5-14-22(24)27(23-15-6-9-17-25(23)32)28-29(32)31(36)33(30(28)35)26-18-10-7-13-21(26)20-11-3-2-4-12-20/h2-18,27-29H,1H3/t27?,28-,29-,32?/m0/s1. The molecule has 0 N–H and O–H groups in total. The van der Waals surface area contributed by atoms with Crippen molar-refractivity contribution in [3.8, 4) is 11.1 Å². The molecule has 4 aliphatic rings. The molecule has 0 aromatic heterocycles. The van der Waals surface area contributed by atoms with Crippen LogP contribution in [0.2, 0.25) is 0 Å². The number of hydrogen-bond donors (Lipinski definition) is 0. The summed E-state index contributed by atoms with van der Waals surface area (Å²) in [6.45, 7) is 1.56. The number of anilines is 1. The van der Waals surface area contributed by atoms with E-state index in [0.29, 0.717) is 5.69 Å². The molecule has 1 aliphatic heterocycles. The van der Waals surface area contributed by atoms with Crippen LogP contribution in [0.3, 0.4) is 0 Å². The van der Waals surface area contributed by atoms with E-state index in [1.54, 1.807) is 6.92 Å². The van der Waals surface area contributed by atoms with Crippen LogP contribution in [-0.2, 0) is 19.8 Å². The molecule has 4 heteroatoms. The summed E-state index contributed by atoms with van der Waals surface area (Å²) in [4.78, 5) is 43.8. The molecule has 2 amide bonds. The summed E-state index contributed by atoms with van der Waals surface area (Å²) in [7, 11) is 0. The predicted octanol–water partition coefficient (Wildman–Crippen LogP) is 5.49. The van der Waals surface area contributed by atoms with Gasteiger partial charge in [0.2, 0.25) is 11.8 Å². The molecule has 0 radical (unpaired) electrons. The number of imide groups is 1. The molecule has 174 valence electrons. The largest absolute Gasteiger partial charge is 0.299 e. The number of carbonyl (C=O) groups is 3. The third-order valence-corrected chi connectivity index (χ3v) is 8.40. The zero-order chi connectivity index (χ0) is 24.6. The van der Waals surface area contributed by atoms with Crippen molar-refractivity contribution < 1.29 is 14.4 Å². The number of rotatable bonds is 3. The lowest BCUT2D eigenvalue weighted by molar-refractivity contribution is -0.132. The zero-order valence-corrected chi connectivity index (χ0v) is 19.7. The van der Waals surface area contributed by atoms with Crippen LogP contribution in [-0.4, -0.2) is 17.6 Å². The van der Waals surface area contributed by atoms with Gasteiger partial charge >= 0.3 is 0 Å². The molecule has 0 spiro atoms. The van der Waals surface area contributed by atoms with Crippen LogP contribution in [0.4, 0.5) is 5.69 Å². The van der Waals surface area contributed by atoms with Gasteiger partial charge in [0.05, 0.1) is 22.9 Å².